The van der Waals surface area contributed by atoms with Gasteiger partial charge in [-0.1, -0.05) is 29.3 Å². The van der Waals surface area contributed by atoms with E-state index in [0.29, 0.717) is 23.9 Å². The number of benzene rings is 1. The van der Waals surface area contributed by atoms with Crippen molar-refractivity contribution in [2.45, 2.75) is 17.4 Å². The zero-order chi connectivity index (χ0) is 16.4. The van der Waals surface area contributed by atoms with Crippen LogP contribution in [0.2, 0.25) is 10.0 Å². The van der Waals surface area contributed by atoms with Crippen LogP contribution in [-0.2, 0) is 10.0 Å². The van der Waals surface area contributed by atoms with Crippen molar-refractivity contribution in [3.8, 4) is 5.88 Å². The van der Waals surface area contributed by atoms with Gasteiger partial charge in [0.2, 0.25) is 15.9 Å². The second kappa shape index (κ2) is 6.65. The molecule has 0 N–H and O–H groups in total. The Kier molecular flexibility index (Phi) is 4.77. The van der Waals surface area contributed by atoms with Crippen molar-refractivity contribution in [3.63, 3.8) is 0 Å². The second-order valence-electron chi connectivity index (χ2n) is 5.13. The maximum absolute atomic E-state index is 12.7. The molecule has 0 amide bonds. The van der Waals surface area contributed by atoms with Crippen molar-refractivity contribution < 1.29 is 13.2 Å². The minimum Gasteiger partial charge on any atom is -0.473 e. The van der Waals surface area contributed by atoms with E-state index in [1.165, 1.54) is 16.4 Å². The molecule has 3 rings (SSSR count). The molecular formula is C15H14Cl2N2O3S. The summed E-state index contributed by atoms with van der Waals surface area (Å²) in [6.45, 7) is 0.616. The highest BCUT2D eigenvalue weighted by molar-refractivity contribution is 7.89. The van der Waals surface area contributed by atoms with Gasteiger partial charge in [0.1, 0.15) is 11.0 Å². The summed E-state index contributed by atoms with van der Waals surface area (Å²) in [5.74, 6) is 0.484. The third-order valence-corrected chi connectivity index (χ3v) is 6.13. The van der Waals surface area contributed by atoms with Crippen LogP contribution in [0, 0.1) is 0 Å². The summed E-state index contributed by atoms with van der Waals surface area (Å²) in [6.07, 6.45) is 1.98. The number of hydrogen-bond donors (Lipinski definition) is 0. The van der Waals surface area contributed by atoms with Crippen LogP contribution in [0.5, 0.6) is 5.88 Å². The highest BCUT2D eigenvalue weighted by Crippen LogP contribution is 2.30. The Bertz CT molecular complexity index is 800. The standard InChI is InChI=1S/C15H14Cl2N2O3S/c16-11-4-5-13(17)14(9-11)23(20,21)19-8-6-12(10-19)22-15-3-1-2-7-18-15/h1-5,7,9,12H,6,8,10H2/t12-/m1/s1. The van der Waals surface area contributed by atoms with E-state index >= 15 is 0 Å². The molecule has 1 aliphatic heterocycles. The van der Waals surface area contributed by atoms with Crippen LogP contribution >= 0.6 is 23.2 Å². The molecule has 8 heteroatoms. The van der Waals surface area contributed by atoms with E-state index in [1.54, 1.807) is 24.4 Å². The molecule has 0 bridgehead atoms. The van der Waals surface area contributed by atoms with Crippen molar-refractivity contribution in [1.82, 2.24) is 9.29 Å². The van der Waals surface area contributed by atoms with Gasteiger partial charge in [0.15, 0.2) is 0 Å². The lowest BCUT2D eigenvalue weighted by Crippen LogP contribution is -2.31. The second-order valence-corrected chi connectivity index (χ2v) is 7.88. The van der Waals surface area contributed by atoms with Crippen molar-refractivity contribution in [3.05, 3.63) is 52.6 Å². The zero-order valence-corrected chi connectivity index (χ0v) is 14.4. The molecule has 0 unspecified atom stereocenters. The van der Waals surface area contributed by atoms with Gasteiger partial charge in [0.05, 0.1) is 11.6 Å². The number of rotatable bonds is 4. The molecular weight excluding hydrogens is 359 g/mol. The van der Waals surface area contributed by atoms with Gasteiger partial charge in [-0.05, 0) is 30.7 Å². The molecule has 0 spiro atoms. The first-order valence-electron chi connectivity index (χ1n) is 7.00. The first-order valence-corrected chi connectivity index (χ1v) is 9.19. The third-order valence-electron chi connectivity index (χ3n) is 3.54. The van der Waals surface area contributed by atoms with E-state index in [1.807, 2.05) is 6.07 Å². The number of halogens is 2. The van der Waals surface area contributed by atoms with Gasteiger partial charge in [-0.15, -0.1) is 0 Å². The largest absolute Gasteiger partial charge is 0.473 e. The van der Waals surface area contributed by atoms with Gasteiger partial charge >= 0.3 is 0 Å². The Labute approximate surface area is 144 Å². The molecule has 0 saturated carbocycles. The maximum Gasteiger partial charge on any atom is 0.244 e. The molecule has 5 nitrogen and oxygen atoms in total. The summed E-state index contributed by atoms with van der Waals surface area (Å²) in [7, 11) is -3.70. The highest BCUT2D eigenvalue weighted by atomic mass is 35.5. The predicted molar refractivity (Wildman–Crippen MR) is 88.5 cm³/mol. The first-order chi connectivity index (χ1) is 11.0. The third kappa shape index (κ3) is 3.61. The molecule has 1 atom stereocenters. The van der Waals surface area contributed by atoms with Gasteiger partial charge in [-0.25, -0.2) is 13.4 Å². The first kappa shape index (κ1) is 16.5. The Morgan fingerprint density at radius 1 is 1.22 bits per heavy atom. The van der Waals surface area contributed by atoms with Gasteiger partial charge in [0.25, 0.3) is 0 Å². The molecule has 2 aromatic rings. The Morgan fingerprint density at radius 3 is 2.78 bits per heavy atom. The maximum atomic E-state index is 12.7. The lowest BCUT2D eigenvalue weighted by molar-refractivity contribution is 0.207. The van der Waals surface area contributed by atoms with Crippen LogP contribution < -0.4 is 4.74 Å². The zero-order valence-electron chi connectivity index (χ0n) is 12.0. The van der Waals surface area contributed by atoms with Gasteiger partial charge in [-0.2, -0.15) is 4.31 Å². The van der Waals surface area contributed by atoms with Crippen LogP contribution in [0.3, 0.4) is 0 Å². The summed E-state index contributed by atoms with van der Waals surface area (Å²) in [5.41, 5.74) is 0. The number of nitrogens with zero attached hydrogens (tertiary/aromatic N) is 2. The summed E-state index contributed by atoms with van der Waals surface area (Å²) in [5, 5.41) is 0.483. The summed E-state index contributed by atoms with van der Waals surface area (Å²) < 4.78 is 32.5. The van der Waals surface area contributed by atoms with E-state index in [4.69, 9.17) is 27.9 Å². The molecule has 0 aliphatic carbocycles. The van der Waals surface area contributed by atoms with Crippen LogP contribution in [0.1, 0.15) is 6.42 Å². The molecule has 122 valence electrons. The molecule has 1 aromatic carbocycles. The molecule has 1 aromatic heterocycles. The minimum absolute atomic E-state index is 0.0187. The van der Waals surface area contributed by atoms with Crippen molar-refractivity contribution >= 4 is 33.2 Å². The molecule has 1 saturated heterocycles. The van der Waals surface area contributed by atoms with Gasteiger partial charge in [-0.3, -0.25) is 0 Å². The number of ether oxygens (including phenoxy) is 1. The minimum atomic E-state index is -3.70. The van der Waals surface area contributed by atoms with Crippen LogP contribution in [0.25, 0.3) is 0 Å². The Morgan fingerprint density at radius 2 is 2.04 bits per heavy atom. The average molecular weight is 373 g/mol. The Hall–Kier alpha value is -1.34. The number of pyridine rings is 1. The molecule has 0 radical (unpaired) electrons. The summed E-state index contributed by atoms with van der Waals surface area (Å²) in [6, 6.07) is 9.75. The van der Waals surface area contributed by atoms with E-state index in [0.717, 1.165) is 0 Å². The Balaban J connectivity index is 1.76. The fourth-order valence-corrected chi connectivity index (χ4v) is 4.64. The molecule has 23 heavy (non-hydrogen) atoms. The highest BCUT2D eigenvalue weighted by Gasteiger charge is 2.35. The molecule has 1 fully saturated rings. The van der Waals surface area contributed by atoms with Crippen LogP contribution in [-0.4, -0.2) is 36.9 Å². The van der Waals surface area contributed by atoms with Crippen molar-refractivity contribution in [2.75, 3.05) is 13.1 Å². The molecule has 1 aliphatic rings. The number of aromatic nitrogens is 1. The number of hydrogen-bond acceptors (Lipinski definition) is 4. The van der Waals surface area contributed by atoms with Crippen molar-refractivity contribution in [2.24, 2.45) is 0 Å². The SMILES string of the molecule is O=S(=O)(c1cc(Cl)ccc1Cl)N1CC[C@@H](Oc2ccccn2)C1. The lowest BCUT2D eigenvalue weighted by atomic mass is 10.3. The normalized spacial score (nSPS) is 19.0. The van der Waals surface area contributed by atoms with E-state index in [2.05, 4.69) is 4.98 Å². The van der Waals surface area contributed by atoms with Crippen LogP contribution in [0.4, 0.5) is 0 Å². The molecule has 2 heterocycles. The average Bonchev–Trinajstić information content (AvgIpc) is 3.00. The van der Waals surface area contributed by atoms with Crippen LogP contribution in [0.15, 0.2) is 47.5 Å². The van der Waals surface area contributed by atoms with E-state index in [9.17, 15) is 8.42 Å². The fraction of sp³-hybridized carbons (Fsp3) is 0.267. The van der Waals surface area contributed by atoms with Gasteiger partial charge < -0.3 is 4.74 Å². The smallest absolute Gasteiger partial charge is 0.244 e. The quantitative estimate of drug-likeness (QED) is 0.826. The summed E-state index contributed by atoms with van der Waals surface area (Å²) >= 11 is 11.9. The number of sulfonamides is 1. The fourth-order valence-electron chi connectivity index (χ4n) is 2.41. The van der Waals surface area contributed by atoms with Crippen molar-refractivity contribution in [1.29, 1.82) is 0 Å². The van der Waals surface area contributed by atoms with E-state index in [-0.39, 0.29) is 22.6 Å². The predicted octanol–water partition coefficient (Wildman–Crippen LogP) is 3.23. The monoisotopic (exact) mass is 372 g/mol. The topological polar surface area (TPSA) is 59.5 Å². The van der Waals surface area contributed by atoms with E-state index < -0.39 is 10.0 Å². The summed E-state index contributed by atoms with van der Waals surface area (Å²) in [4.78, 5) is 4.10. The lowest BCUT2D eigenvalue weighted by Gasteiger charge is -2.18. The van der Waals surface area contributed by atoms with Gasteiger partial charge in [0, 0.05) is 23.8 Å².